The van der Waals surface area contributed by atoms with Gasteiger partial charge in [0.25, 0.3) is 0 Å². The van der Waals surface area contributed by atoms with Crippen LogP contribution in [0.5, 0.6) is 11.5 Å². The van der Waals surface area contributed by atoms with Gasteiger partial charge in [0.05, 0.1) is 5.69 Å². The summed E-state index contributed by atoms with van der Waals surface area (Å²) in [7, 11) is 0. The number of carbonyl (C=O) groups excluding carboxylic acids is 2. The molecule has 1 aromatic heterocycles. The molecule has 0 saturated heterocycles. The minimum Gasteiger partial charge on any atom is -0.454 e. The van der Waals surface area contributed by atoms with Crippen molar-refractivity contribution in [1.29, 1.82) is 0 Å². The highest BCUT2D eigenvalue weighted by Crippen LogP contribution is 2.35. The molecule has 7 heteroatoms. The van der Waals surface area contributed by atoms with Crippen LogP contribution < -0.4 is 14.8 Å². The Labute approximate surface area is 169 Å². The number of rotatable bonds is 4. The van der Waals surface area contributed by atoms with Crippen molar-refractivity contribution in [3.8, 4) is 11.5 Å². The number of aromatic nitrogens is 1. The van der Waals surface area contributed by atoms with Crippen molar-refractivity contribution in [2.45, 2.75) is 57.3 Å². The van der Waals surface area contributed by atoms with Gasteiger partial charge < -0.3 is 24.3 Å². The van der Waals surface area contributed by atoms with E-state index in [0.29, 0.717) is 18.0 Å². The van der Waals surface area contributed by atoms with E-state index in [0.717, 1.165) is 36.9 Å². The number of hydrogen-bond donors (Lipinski definition) is 1. The van der Waals surface area contributed by atoms with Crippen LogP contribution in [0.4, 0.5) is 0 Å². The van der Waals surface area contributed by atoms with Gasteiger partial charge in [-0.05, 0) is 42.7 Å². The van der Waals surface area contributed by atoms with Crippen LogP contribution >= 0.6 is 0 Å². The van der Waals surface area contributed by atoms with Gasteiger partial charge in [0.15, 0.2) is 17.5 Å². The van der Waals surface area contributed by atoms with Gasteiger partial charge >= 0.3 is 0 Å². The van der Waals surface area contributed by atoms with E-state index < -0.39 is 6.04 Å². The maximum atomic E-state index is 13.3. The van der Waals surface area contributed by atoms with Crippen LogP contribution in [0.2, 0.25) is 0 Å². The van der Waals surface area contributed by atoms with Gasteiger partial charge in [-0.1, -0.05) is 25.3 Å². The first kappa shape index (κ1) is 18.1. The molecule has 7 nitrogen and oxygen atoms in total. The fourth-order valence-electron chi connectivity index (χ4n) is 4.58. The van der Waals surface area contributed by atoms with Crippen LogP contribution in [0.1, 0.15) is 49.4 Å². The quantitative estimate of drug-likeness (QED) is 0.864. The van der Waals surface area contributed by atoms with Crippen LogP contribution in [0.25, 0.3) is 0 Å². The van der Waals surface area contributed by atoms with Crippen molar-refractivity contribution in [2.75, 3.05) is 6.79 Å². The molecule has 0 bridgehead atoms. The lowest BCUT2D eigenvalue weighted by Crippen LogP contribution is -2.50. The smallest absolute Gasteiger partial charge is 0.249 e. The third-order valence-corrected chi connectivity index (χ3v) is 6.07. The van der Waals surface area contributed by atoms with Crippen LogP contribution in [0.15, 0.2) is 36.5 Å². The predicted octanol–water partition coefficient (Wildman–Crippen LogP) is 2.75. The van der Waals surface area contributed by atoms with E-state index in [1.807, 2.05) is 41.1 Å². The number of nitrogens with zero attached hydrogens (tertiary/aromatic N) is 2. The van der Waals surface area contributed by atoms with Gasteiger partial charge in [0.2, 0.25) is 18.6 Å². The molecule has 1 unspecified atom stereocenters. The van der Waals surface area contributed by atoms with E-state index in [2.05, 4.69) is 5.32 Å². The molecule has 1 atom stereocenters. The normalized spacial score (nSPS) is 21.2. The minimum atomic E-state index is -0.626. The summed E-state index contributed by atoms with van der Waals surface area (Å²) in [6.07, 6.45) is 7.40. The average Bonchev–Trinajstić information content (AvgIpc) is 3.37. The standard InChI is InChI=1S/C22H25N3O4/c26-20-13-24-10-4-7-17(24)21(22(27)23-16-5-2-1-3-6-16)25(20)12-15-8-9-18-19(11-15)29-14-28-18/h4,7-11,16,21H,1-3,5-6,12-14H2,(H,23,27). The maximum Gasteiger partial charge on any atom is 0.249 e. The minimum absolute atomic E-state index is 0.0600. The molecule has 3 heterocycles. The molecule has 2 amide bonds. The lowest BCUT2D eigenvalue weighted by atomic mass is 9.95. The first-order chi connectivity index (χ1) is 14.2. The highest BCUT2D eigenvalue weighted by molar-refractivity contribution is 5.90. The molecular weight excluding hydrogens is 370 g/mol. The molecule has 2 aromatic rings. The van der Waals surface area contributed by atoms with Crippen LogP contribution in [0.3, 0.4) is 0 Å². The van der Waals surface area contributed by atoms with E-state index in [4.69, 9.17) is 9.47 Å². The molecule has 1 aliphatic carbocycles. The molecule has 152 valence electrons. The summed E-state index contributed by atoms with van der Waals surface area (Å²) < 4.78 is 12.7. The Kier molecular flexibility index (Phi) is 4.66. The number of hydrogen-bond acceptors (Lipinski definition) is 4. The van der Waals surface area contributed by atoms with Crippen LogP contribution in [-0.2, 0) is 22.7 Å². The number of ether oxygens (including phenoxy) is 2. The first-order valence-corrected chi connectivity index (χ1v) is 10.3. The second-order valence-corrected chi connectivity index (χ2v) is 8.02. The maximum absolute atomic E-state index is 13.3. The molecule has 1 fully saturated rings. The summed E-state index contributed by atoms with van der Waals surface area (Å²) in [4.78, 5) is 28.0. The Morgan fingerprint density at radius 3 is 2.79 bits per heavy atom. The topological polar surface area (TPSA) is 72.8 Å². The Morgan fingerprint density at radius 1 is 1.10 bits per heavy atom. The monoisotopic (exact) mass is 395 g/mol. The third-order valence-electron chi connectivity index (χ3n) is 6.07. The second kappa shape index (κ2) is 7.46. The highest BCUT2D eigenvalue weighted by Gasteiger charge is 2.38. The van der Waals surface area contributed by atoms with E-state index in [1.165, 1.54) is 6.42 Å². The Balaban J connectivity index is 1.42. The predicted molar refractivity (Wildman–Crippen MR) is 105 cm³/mol. The fourth-order valence-corrected chi connectivity index (χ4v) is 4.58. The van der Waals surface area contributed by atoms with E-state index in [1.54, 1.807) is 4.90 Å². The van der Waals surface area contributed by atoms with Gasteiger partial charge in [0.1, 0.15) is 6.54 Å². The van der Waals surface area contributed by atoms with Crippen molar-refractivity contribution in [3.63, 3.8) is 0 Å². The summed E-state index contributed by atoms with van der Waals surface area (Å²) in [6, 6.07) is 9.07. The molecule has 2 aliphatic heterocycles. The third kappa shape index (κ3) is 3.45. The summed E-state index contributed by atoms with van der Waals surface area (Å²) in [5.74, 6) is 1.23. The van der Waals surface area contributed by atoms with Gasteiger partial charge in [-0.3, -0.25) is 9.59 Å². The zero-order valence-corrected chi connectivity index (χ0v) is 16.3. The molecule has 29 heavy (non-hydrogen) atoms. The molecule has 0 spiro atoms. The van der Waals surface area contributed by atoms with Crippen molar-refractivity contribution >= 4 is 11.8 Å². The zero-order chi connectivity index (χ0) is 19.8. The molecule has 1 aromatic carbocycles. The lowest BCUT2D eigenvalue weighted by molar-refractivity contribution is -0.144. The Bertz CT molecular complexity index is 932. The van der Waals surface area contributed by atoms with E-state index in [-0.39, 0.29) is 31.2 Å². The van der Waals surface area contributed by atoms with E-state index in [9.17, 15) is 9.59 Å². The van der Waals surface area contributed by atoms with Gasteiger partial charge in [-0.15, -0.1) is 0 Å². The van der Waals surface area contributed by atoms with Crippen molar-refractivity contribution in [3.05, 3.63) is 47.8 Å². The van der Waals surface area contributed by atoms with Gasteiger partial charge in [-0.25, -0.2) is 0 Å². The number of benzene rings is 1. The molecule has 1 N–H and O–H groups in total. The second-order valence-electron chi connectivity index (χ2n) is 8.02. The highest BCUT2D eigenvalue weighted by atomic mass is 16.7. The SMILES string of the molecule is O=C(NC1CCCCC1)C1c2cccn2CC(=O)N1Cc1ccc2c(c1)OCO2. The summed E-state index contributed by atoms with van der Waals surface area (Å²) in [5, 5.41) is 3.21. The molecule has 5 rings (SSSR count). The summed E-state index contributed by atoms with van der Waals surface area (Å²) in [6.45, 7) is 0.810. The zero-order valence-electron chi connectivity index (χ0n) is 16.3. The number of nitrogens with one attached hydrogen (secondary N) is 1. The number of fused-ring (bicyclic) bond motifs is 2. The molecule has 1 saturated carbocycles. The Hall–Kier alpha value is -2.96. The van der Waals surface area contributed by atoms with Gasteiger partial charge in [-0.2, -0.15) is 0 Å². The van der Waals surface area contributed by atoms with Crippen molar-refractivity contribution in [1.82, 2.24) is 14.8 Å². The number of amides is 2. The Morgan fingerprint density at radius 2 is 1.93 bits per heavy atom. The van der Waals surface area contributed by atoms with Crippen molar-refractivity contribution in [2.24, 2.45) is 0 Å². The molecule has 3 aliphatic rings. The number of carbonyl (C=O) groups is 2. The van der Waals surface area contributed by atoms with E-state index >= 15 is 0 Å². The molecule has 0 radical (unpaired) electrons. The van der Waals surface area contributed by atoms with Crippen molar-refractivity contribution < 1.29 is 19.1 Å². The summed E-state index contributed by atoms with van der Waals surface area (Å²) >= 11 is 0. The largest absolute Gasteiger partial charge is 0.454 e. The first-order valence-electron chi connectivity index (χ1n) is 10.3. The van der Waals surface area contributed by atoms with Gasteiger partial charge in [0, 0.05) is 18.8 Å². The lowest BCUT2D eigenvalue weighted by Gasteiger charge is -2.37. The average molecular weight is 395 g/mol. The molecular formula is C22H25N3O4. The fraction of sp³-hybridized carbons (Fsp3) is 0.455. The van der Waals surface area contributed by atoms with Crippen LogP contribution in [0, 0.1) is 0 Å². The summed E-state index contributed by atoms with van der Waals surface area (Å²) in [5.41, 5.74) is 1.77. The van der Waals surface area contributed by atoms with Crippen LogP contribution in [-0.4, -0.2) is 34.1 Å².